The first kappa shape index (κ1) is 8.79. The zero-order chi connectivity index (χ0) is 10.3. The van der Waals surface area contributed by atoms with Gasteiger partial charge in [0.25, 0.3) is 12.2 Å². The molecule has 2 rings (SSSR count). The highest BCUT2D eigenvalue weighted by Crippen LogP contribution is 2.19. The number of alkyl halides is 2. The number of hydrogen-bond donors (Lipinski definition) is 1. The average Bonchev–Trinajstić information content (AvgIpc) is 2.42. The number of rotatable bonds is 1. The number of aryl methyl sites for hydroxylation is 1. The van der Waals surface area contributed by atoms with Gasteiger partial charge in [-0.1, -0.05) is 0 Å². The summed E-state index contributed by atoms with van der Waals surface area (Å²) in [5.41, 5.74) is 5.49. The van der Waals surface area contributed by atoms with Crippen LogP contribution in [0.15, 0.2) is 6.07 Å². The molecular formula is C7H7F2N5. The SMILES string of the molecule is Cc1cc(C(F)F)n2nc(N)nc2n1. The van der Waals surface area contributed by atoms with Crippen LogP contribution < -0.4 is 5.73 Å². The van der Waals surface area contributed by atoms with E-state index in [4.69, 9.17) is 5.73 Å². The molecule has 0 aromatic carbocycles. The molecule has 5 nitrogen and oxygen atoms in total. The van der Waals surface area contributed by atoms with Crippen LogP contribution in [0.1, 0.15) is 17.8 Å². The van der Waals surface area contributed by atoms with Gasteiger partial charge in [0.05, 0.1) is 0 Å². The Hall–Kier alpha value is -1.79. The zero-order valence-corrected chi connectivity index (χ0v) is 7.28. The molecule has 0 spiro atoms. The summed E-state index contributed by atoms with van der Waals surface area (Å²) in [7, 11) is 0. The second kappa shape index (κ2) is 2.86. The molecule has 0 aliphatic rings. The summed E-state index contributed by atoms with van der Waals surface area (Å²) in [6.07, 6.45) is -2.62. The monoisotopic (exact) mass is 199 g/mol. The maximum atomic E-state index is 12.5. The Labute approximate surface area is 77.6 Å². The lowest BCUT2D eigenvalue weighted by atomic mass is 10.3. The third-order valence-electron chi connectivity index (χ3n) is 1.71. The summed E-state index contributed by atoms with van der Waals surface area (Å²) in [5, 5.41) is 3.62. The van der Waals surface area contributed by atoms with Crippen molar-refractivity contribution < 1.29 is 8.78 Å². The van der Waals surface area contributed by atoms with E-state index in [1.165, 1.54) is 6.07 Å². The lowest BCUT2D eigenvalue weighted by Gasteiger charge is -2.02. The lowest BCUT2D eigenvalue weighted by Crippen LogP contribution is -2.02. The quantitative estimate of drug-likeness (QED) is 0.742. The number of anilines is 1. The van der Waals surface area contributed by atoms with Gasteiger partial charge in [-0.15, -0.1) is 5.10 Å². The van der Waals surface area contributed by atoms with Crippen LogP contribution in [0.25, 0.3) is 5.78 Å². The van der Waals surface area contributed by atoms with Gasteiger partial charge in [0.2, 0.25) is 5.95 Å². The molecule has 0 aliphatic heterocycles. The van der Waals surface area contributed by atoms with Crippen molar-refractivity contribution in [1.82, 2.24) is 19.6 Å². The van der Waals surface area contributed by atoms with E-state index in [2.05, 4.69) is 15.1 Å². The van der Waals surface area contributed by atoms with E-state index < -0.39 is 6.43 Å². The number of nitrogen functional groups attached to an aromatic ring is 1. The van der Waals surface area contributed by atoms with Gasteiger partial charge in [-0.3, -0.25) is 0 Å². The summed E-state index contributed by atoms with van der Waals surface area (Å²) in [6, 6.07) is 1.26. The molecule has 0 aliphatic carbocycles. The Balaban J connectivity index is 2.79. The van der Waals surface area contributed by atoms with E-state index in [-0.39, 0.29) is 17.4 Å². The molecule has 0 saturated carbocycles. The fraction of sp³-hybridized carbons (Fsp3) is 0.286. The van der Waals surface area contributed by atoms with Crippen molar-refractivity contribution in [3.8, 4) is 0 Å². The van der Waals surface area contributed by atoms with Gasteiger partial charge in [0.1, 0.15) is 5.69 Å². The van der Waals surface area contributed by atoms with Crippen LogP contribution >= 0.6 is 0 Å². The minimum atomic E-state index is -2.62. The largest absolute Gasteiger partial charge is 0.366 e. The first-order valence-corrected chi connectivity index (χ1v) is 3.86. The Morgan fingerprint density at radius 1 is 1.43 bits per heavy atom. The molecule has 7 heteroatoms. The van der Waals surface area contributed by atoms with Gasteiger partial charge in [0, 0.05) is 5.69 Å². The van der Waals surface area contributed by atoms with Gasteiger partial charge in [-0.2, -0.15) is 9.50 Å². The summed E-state index contributed by atoms with van der Waals surface area (Å²) in [5.74, 6) is 0.0304. The highest BCUT2D eigenvalue weighted by Gasteiger charge is 2.15. The van der Waals surface area contributed by atoms with Crippen LogP contribution in [-0.4, -0.2) is 19.6 Å². The molecule has 0 saturated heterocycles. The standard InChI is InChI=1S/C7H7F2N5/c1-3-2-4(5(8)9)14-7(11-3)12-6(10)13-14/h2,5H,1H3,(H2,10,13). The fourth-order valence-corrected chi connectivity index (χ4v) is 1.19. The van der Waals surface area contributed by atoms with Crippen LogP contribution in [0.5, 0.6) is 0 Å². The summed E-state index contributed by atoms with van der Waals surface area (Å²) in [4.78, 5) is 7.62. The van der Waals surface area contributed by atoms with Crippen molar-refractivity contribution in [3.05, 3.63) is 17.5 Å². The van der Waals surface area contributed by atoms with E-state index in [0.29, 0.717) is 5.69 Å². The van der Waals surface area contributed by atoms with Gasteiger partial charge < -0.3 is 5.73 Å². The molecule has 0 amide bonds. The Morgan fingerprint density at radius 3 is 2.79 bits per heavy atom. The van der Waals surface area contributed by atoms with Crippen LogP contribution in [0, 0.1) is 6.92 Å². The number of aromatic nitrogens is 4. The Kier molecular flexibility index (Phi) is 1.80. The van der Waals surface area contributed by atoms with E-state index >= 15 is 0 Å². The highest BCUT2D eigenvalue weighted by molar-refractivity contribution is 5.36. The molecule has 2 aromatic heterocycles. The maximum absolute atomic E-state index is 12.5. The van der Waals surface area contributed by atoms with E-state index in [0.717, 1.165) is 4.52 Å². The number of hydrogen-bond acceptors (Lipinski definition) is 4. The van der Waals surface area contributed by atoms with Crippen molar-refractivity contribution in [1.29, 1.82) is 0 Å². The van der Waals surface area contributed by atoms with Gasteiger partial charge in [-0.05, 0) is 13.0 Å². The third-order valence-corrected chi connectivity index (χ3v) is 1.71. The van der Waals surface area contributed by atoms with Crippen LogP contribution in [-0.2, 0) is 0 Å². The van der Waals surface area contributed by atoms with Gasteiger partial charge in [0.15, 0.2) is 0 Å². The Bertz CT molecular complexity index is 478. The molecule has 0 bridgehead atoms. The predicted octanol–water partition coefficient (Wildman–Crippen LogP) is 0.953. The van der Waals surface area contributed by atoms with Crippen LogP contribution in [0.4, 0.5) is 14.7 Å². The summed E-state index contributed by atoms with van der Waals surface area (Å²) >= 11 is 0. The first-order valence-electron chi connectivity index (χ1n) is 3.86. The van der Waals surface area contributed by atoms with Crippen LogP contribution in [0.3, 0.4) is 0 Å². The molecule has 0 radical (unpaired) electrons. The number of fused-ring (bicyclic) bond motifs is 1. The third kappa shape index (κ3) is 1.26. The predicted molar refractivity (Wildman–Crippen MR) is 44.9 cm³/mol. The first-order chi connectivity index (χ1) is 6.58. The van der Waals surface area contributed by atoms with Crippen molar-refractivity contribution in [3.63, 3.8) is 0 Å². The highest BCUT2D eigenvalue weighted by atomic mass is 19.3. The van der Waals surface area contributed by atoms with Gasteiger partial charge in [-0.25, -0.2) is 13.8 Å². The average molecular weight is 199 g/mol. The van der Waals surface area contributed by atoms with E-state index in [9.17, 15) is 8.78 Å². The molecule has 74 valence electrons. The Morgan fingerprint density at radius 2 is 2.14 bits per heavy atom. The molecule has 0 atom stereocenters. The van der Waals surface area contributed by atoms with Crippen molar-refractivity contribution >= 4 is 11.7 Å². The molecular weight excluding hydrogens is 192 g/mol. The smallest absolute Gasteiger partial charge is 0.280 e. The number of nitrogens with two attached hydrogens (primary N) is 1. The van der Waals surface area contributed by atoms with E-state index in [1.54, 1.807) is 6.92 Å². The summed E-state index contributed by atoms with van der Waals surface area (Å²) in [6.45, 7) is 1.61. The lowest BCUT2D eigenvalue weighted by molar-refractivity contribution is 0.143. The van der Waals surface area contributed by atoms with Crippen molar-refractivity contribution in [2.75, 3.05) is 5.73 Å². The topological polar surface area (TPSA) is 69.1 Å². The minimum absolute atomic E-state index is 0.0648. The molecule has 2 heterocycles. The maximum Gasteiger partial charge on any atom is 0.280 e. The minimum Gasteiger partial charge on any atom is -0.366 e. The zero-order valence-electron chi connectivity index (χ0n) is 7.28. The molecule has 14 heavy (non-hydrogen) atoms. The fourth-order valence-electron chi connectivity index (χ4n) is 1.19. The molecule has 0 unspecified atom stereocenters. The molecule has 2 N–H and O–H groups in total. The van der Waals surface area contributed by atoms with Gasteiger partial charge >= 0.3 is 0 Å². The molecule has 2 aromatic rings. The molecule has 0 fully saturated rings. The van der Waals surface area contributed by atoms with Crippen LogP contribution in [0.2, 0.25) is 0 Å². The summed E-state index contributed by atoms with van der Waals surface area (Å²) < 4.78 is 26.0. The van der Waals surface area contributed by atoms with Crippen molar-refractivity contribution in [2.45, 2.75) is 13.3 Å². The number of nitrogens with zero attached hydrogens (tertiary/aromatic N) is 4. The van der Waals surface area contributed by atoms with E-state index in [1.807, 2.05) is 0 Å². The number of halogens is 2. The second-order valence-electron chi connectivity index (χ2n) is 2.80. The van der Waals surface area contributed by atoms with Crippen molar-refractivity contribution in [2.24, 2.45) is 0 Å². The normalized spacial score (nSPS) is 11.4. The second-order valence-corrected chi connectivity index (χ2v) is 2.80.